The maximum Gasteiger partial charge on any atom is 0.234 e. The van der Waals surface area contributed by atoms with Crippen molar-refractivity contribution in [1.82, 2.24) is 0 Å². The van der Waals surface area contributed by atoms with Gasteiger partial charge in [0.15, 0.2) is 5.43 Å². The zero-order valence-electron chi connectivity index (χ0n) is 20.2. The molecule has 3 N–H and O–H groups in total. The van der Waals surface area contributed by atoms with E-state index < -0.39 is 11.6 Å². The Balaban J connectivity index is 0.000000173. The molecule has 5 rings (SSSR count). The minimum absolute atomic E-state index is 0.0671. The molecule has 1 aromatic heterocycles. The van der Waals surface area contributed by atoms with Crippen LogP contribution in [0.15, 0.2) is 99.2 Å². The van der Waals surface area contributed by atoms with Crippen molar-refractivity contribution in [3.05, 3.63) is 111 Å². The Morgan fingerprint density at radius 3 is 2.14 bits per heavy atom. The molecule has 0 radical (unpaired) electrons. The molecular weight excluding hydrogens is 472 g/mol. The third-order valence-corrected chi connectivity index (χ3v) is 5.76. The molecule has 7 heteroatoms. The van der Waals surface area contributed by atoms with Crippen molar-refractivity contribution in [3.63, 3.8) is 0 Å². The van der Waals surface area contributed by atoms with Gasteiger partial charge in [-0.1, -0.05) is 66.2 Å². The Morgan fingerprint density at radius 1 is 0.811 bits per heavy atom. The van der Waals surface area contributed by atoms with Crippen molar-refractivity contribution in [3.8, 4) is 22.8 Å². The van der Waals surface area contributed by atoms with Gasteiger partial charge in [0.05, 0.1) is 0 Å². The third-order valence-electron chi connectivity index (χ3n) is 5.76. The van der Waals surface area contributed by atoms with Crippen LogP contribution in [0.2, 0.25) is 0 Å². The lowest BCUT2D eigenvalue weighted by atomic mass is 9.87. The van der Waals surface area contributed by atoms with Crippen LogP contribution in [-0.4, -0.2) is 26.9 Å². The van der Waals surface area contributed by atoms with Crippen molar-refractivity contribution in [1.29, 1.82) is 0 Å². The van der Waals surface area contributed by atoms with Crippen LogP contribution >= 0.6 is 0 Å². The minimum Gasteiger partial charge on any atom is -0.508 e. The Bertz CT molecular complexity index is 1640. The molecular formula is C30H24O7. The predicted molar refractivity (Wildman–Crippen MR) is 141 cm³/mol. The van der Waals surface area contributed by atoms with Crippen molar-refractivity contribution in [2.75, 3.05) is 0 Å². The SMILES string of the molecule is CC(C)=CCC1=C(O)c2ccccc2C(=O)C1=O.O=c1cc(-c2ccccc2)oc2cc(O)cc(O)c12. The number of phenols is 2. The summed E-state index contributed by atoms with van der Waals surface area (Å²) in [5.74, 6) is -1.28. The second-order valence-electron chi connectivity index (χ2n) is 8.70. The summed E-state index contributed by atoms with van der Waals surface area (Å²) in [6, 6.07) is 19.5. The first-order valence-corrected chi connectivity index (χ1v) is 11.5. The lowest BCUT2D eigenvalue weighted by Crippen LogP contribution is -2.23. The van der Waals surface area contributed by atoms with Gasteiger partial charge in [-0.05, 0) is 20.3 Å². The van der Waals surface area contributed by atoms with E-state index in [0.717, 1.165) is 17.2 Å². The van der Waals surface area contributed by atoms with E-state index >= 15 is 0 Å². The van der Waals surface area contributed by atoms with Gasteiger partial charge in [0, 0.05) is 40.5 Å². The molecule has 0 atom stereocenters. The molecule has 0 saturated heterocycles. The predicted octanol–water partition coefficient (Wildman–Crippen LogP) is 5.95. The number of aromatic hydroxyl groups is 2. The first-order valence-electron chi connectivity index (χ1n) is 11.5. The van der Waals surface area contributed by atoms with Gasteiger partial charge in [-0.25, -0.2) is 0 Å². The normalized spacial score (nSPS) is 12.6. The molecule has 0 aliphatic heterocycles. The molecule has 7 nitrogen and oxygen atoms in total. The number of hydrogen-bond donors (Lipinski definition) is 3. The second-order valence-corrected chi connectivity index (χ2v) is 8.70. The number of fused-ring (bicyclic) bond motifs is 2. The van der Waals surface area contributed by atoms with Crippen LogP contribution in [0.5, 0.6) is 11.5 Å². The number of aliphatic hydroxyl groups excluding tert-OH is 1. The molecule has 0 unspecified atom stereocenters. The van der Waals surface area contributed by atoms with Crippen molar-refractivity contribution in [2.45, 2.75) is 20.3 Å². The molecule has 0 amide bonds. The molecule has 1 heterocycles. The number of carbonyl (C=O) groups excluding carboxylic acids is 2. The van der Waals surface area contributed by atoms with Gasteiger partial charge in [0.1, 0.15) is 34.0 Å². The zero-order valence-corrected chi connectivity index (χ0v) is 20.2. The molecule has 1 aliphatic carbocycles. The Morgan fingerprint density at radius 2 is 1.46 bits per heavy atom. The molecule has 1 aliphatic rings. The summed E-state index contributed by atoms with van der Waals surface area (Å²) >= 11 is 0. The van der Waals surface area contributed by atoms with E-state index in [1.165, 1.54) is 12.1 Å². The van der Waals surface area contributed by atoms with Gasteiger partial charge in [0.25, 0.3) is 0 Å². The van der Waals surface area contributed by atoms with Crippen molar-refractivity contribution in [2.24, 2.45) is 0 Å². The summed E-state index contributed by atoms with van der Waals surface area (Å²) in [7, 11) is 0. The quantitative estimate of drug-likeness (QED) is 0.236. The molecule has 0 bridgehead atoms. The fourth-order valence-electron chi connectivity index (χ4n) is 3.91. The maximum atomic E-state index is 12.0. The summed E-state index contributed by atoms with van der Waals surface area (Å²) < 4.78 is 5.57. The van der Waals surface area contributed by atoms with Gasteiger partial charge in [-0.3, -0.25) is 14.4 Å². The number of hydrogen-bond acceptors (Lipinski definition) is 7. The monoisotopic (exact) mass is 496 g/mol. The van der Waals surface area contributed by atoms with E-state index in [0.29, 0.717) is 11.3 Å². The number of carbonyl (C=O) groups is 2. The lowest BCUT2D eigenvalue weighted by Gasteiger charge is -2.16. The van der Waals surface area contributed by atoms with Crippen LogP contribution in [0.25, 0.3) is 28.1 Å². The van der Waals surface area contributed by atoms with Gasteiger partial charge >= 0.3 is 0 Å². The van der Waals surface area contributed by atoms with Crippen molar-refractivity contribution < 1.29 is 29.3 Å². The third kappa shape index (κ3) is 5.21. The molecule has 0 saturated carbocycles. The number of rotatable bonds is 3. The second kappa shape index (κ2) is 10.4. The molecule has 4 aromatic rings. The smallest absolute Gasteiger partial charge is 0.234 e. The number of benzene rings is 3. The van der Waals surface area contributed by atoms with Crippen molar-refractivity contribution >= 4 is 28.3 Å². The van der Waals surface area contributed by atoms with Gasteiger partial charge in [-0.15, -0.1) is 0 Å². The zero-order chi connectivity index (χ0) is 26.7. The fraction of sp³-hybridized carbons (Fsp3) is 0.100. The molecule has 0 spiro atoms. The van der Waals surface area contributed by atoms with Crippen LogP contribution in [0.3, 0.4) is 0 Å². The molecule has 0 fully saturated rings. The summed E-state index contributed by atoms with van der Waals surface area (Å²) in [6.45, 7) is 3.81. The Hall–Kier alpha value is -4.91. The van der Waals surface area contributed by atoms with E-state index in [-0.39, 0.29) is 51.2 Å². The van der Waals surface area contributed by atoms with Gasteiger partial charge < -0.3 is 19.7 Å². The lowest BCUT2D eigenvalue weighted by molar-refractivity contribution is -0.112. The van der Waals surface area contributed by atoms with E-state index in [9.17, 15) is 29.7 Å². The summed E-state index contributed by atoms with van der Waals surface area (Å²) in [5, 5.41) is 29.3. The first kappa shape index (κ1) is 25.2. The van der Waals surface area contributed by atoms with E-state index in [2.05, 4.69) is 0 Å². The van der Waals surface area contributed by atoms with Gasteiger partial charge in [0.2, 0.25) is 11.6 Å². The molecule has 3 aromatic carbocycles. The molecule has 186 valence electrons. The number of ketones is 2. The average molecular weight is 497 g/mol. The number of phenolic OH excluding ortho intramolecular Hbond substituents is 2. The topological polar surface area (TPSA) is 125 Å². The highest BCUT2D eigenvalue weighted by atomic mass is 16.3. The summed E-state index contributed by atoms with van der Waals surface area (Å²) in [6.07, 6.45) is 2.11. The van der Waals surface area contributed by atoms with E-state index in [1.807, 2.05) is 50.3 Å². The minimum atomic E-state index is -0.608. The maximum absolute atomic E-state index is 12.0. The van der Waals surface area contributed by atoms with Gasteiger partial charge in [-0.2, -0.15) is 0 Å². The molecule has 37 heavy (non-hydrogen) atoms. The fourth-order valence-corrected chi connectivity index (χ4v) is 3.91. The highest BCUT2D eigenvalue weighted by Crippen LogP contribution is 2.31. The Labute approximate surface area is 212 Å². The van der Waals surface area contributed by atoms with Crippen LogP contribution in [0.4, 0.5) is 0 Å². The van der Waals surface area contributed by atoms with Crippen LogP contribution in [0, 0.1) is 0 Å². The Kier molecular flexibility index (Phi) is 7.06. The highest BCUT2D eigenvalue weighted by molar-refractivity contribution is 6.52. The standard InChI is InChI=1S/C15H10O4.C15H14O3/c16-10-6-11(17)15-12(18)8-13(19-14(15)7-10)9-4-2-1-3-5-9;1-9(2)7-8-12-13(16)10-5-3-4-6-11(10)14(17)15(12)18/h1-8,16-17H;3-7,16H,8H2,1-2H3. The number of aliphatic hydroxyl groups is 1. The number of allylic oxidation sites excluding steroid dienone is 3. The van der Waals surface area contributed by atoms with Crippen LogP contribution in [-0.2, 0) is 4.79 Å². The largest absolute Gasteiger partial charge is 0.508 e. The van der Waals surface area contributed by atoms with E-state index in [4.69, 9.17) is 4.42 Å². The average Bonchev–Trinajstić information content (AvgIpc) is 2.87. The van der Waals surface area contributed by atoms with Crippen LogP contribution in [0.1, 0.15) is 36.2 Å². The highest BCUT2D eigenvalue weighted by Gasteiger charge is 2.31. The first-order chi connectivity index (χ1) is 17.7. The summed E-state index contributed by atoms with van der Waals surface area (Å²) in [4.78, 5) is 35.8. The summed E-state index contributed by atoms with van der Waals surface area (Å²) in [5.41, 5.74) is 2.50. The number of Topliss-reactive ketones (excluding diaryl/α,β-unsaturated/α-hetero) is 2. The van der Waals surface area contributed by atoms with Crippen LogP contribution < -0.4 is 5.43 Å². The van der Waals surface area contributed by atoms with E-state index in [1.54, 1.807) is 24.3 Å².